The van der Waals surface area contributed by atoms with Crippen LogP contribution in [-0.4, -0.2) is 28.5 Å². The highest BCUT2D eigenvalue weighted by Crippen LogP contribution is 2.36. The molecule has 1 saturated heterocycles. The molecule has 0 radical (unpaired) electrons. The molecule has 2 aromatic carbocycles. The zero-order valence-corrected chi connectivity index (χ0v) is 21.0. The lowest BCUT2D eigenvalue weighted by atomic mass is 9.86. The number of nitrogens with zero attached hydrogens (tertiary/aromatic N) is 2. The summed E-state index contributed by atoms with van der Waals surface area (Å²) in [7, 11) is 0. The van der Waals surface area contributed by atoms with Crippen LogP contribution in [-0.2, 0) is 0 Å². The number of halogens is 1. The fourth-order valence-electron chi connectivity index (χ4n) is 4.63. The Balaban J connectivity index is 1.52. The number of hydrogen-bond donors (Lipinski definition) is 2. The Morgan fingerprint density at radius 1 is 1.24 bits per heavy atom. The first-order valence-corrected chi connectivity index (χ1v) is 12.0. The van der Waals surface area contributed by atoms with E-state index in [1.165, 1.54) is 0 Å². The van der Waals surface area contributed by atoms with Crippen LogP contribution >= 0.6 is 15.9 Å². The predicted octanol–water partition coefficient (Wildman–Crippen LogP) is 5.82. The second-order valence-corrected chi connectivity index (χ2v) is 10.2. The van der Waals surface area contributed by atoms with Crippen LogP contribution in [0.15, 0.2) is 65.4 Å². The van der Waals surface area contributed by atoms with E-state index in [9.17, 15) is 10.1 Å². The summed E-state index contributed by atoms with van der Waals surface area (Å²) in [4.78, 5) is 17.1. The molecule has 1 aliphatic heterocycles. The summed E-state index contributed by atoms with van der Waals surface area (Å²) in [6.07, 6.45) is 5.17. The lowest BCUT2D eigenvalue weighted by Crippen LogP contribution is -2.56. The molecule has 1 aromatic heterocycles. The summed E-state index contributed by atoms with van der Waals surface area (Å²) >= 11 is 3.53. The van der Waals surface area contributed by atoms with Crippen molar-refractivity contribution < 1.29 is 9.53 Å². The maximum absolute atomic E-state index is 12.9. The van der Waals surface area contributed by atoms with Crippen LogP contribution in [0.3, 0.4) is 0 Å². The second kappa shape index (κ2) is 9.96. The number of aromatic nitrogens is 1. The minimum absolute atomic E-state index is 0.0172. The van der Waals surface area contributed by atoms with E-state index in [1.54, 1.807) is 36.7 Å². The largest absolute Gasteiger partial charge is 0.455 e. The Hall–Kier alpha value is -3.21. The van der Waals surface area contributed by atoms with Gasteiger partial charge >= 0.3 is 0 Å². The van der Waals surface area contributed by atoms with Crippen molar-refractivity contribution in [2.45, 2.75) is 51.2 Å². The van der Waals surface area contributed by atoms with Crippen LogP contribution in [0.25, 0.3) is 11.1 Å². The Morgan fingerprint density at radius 2 is 2.06 bits per heavy atom. The van der Waals surface area contributed by atoms with Gasteiger partial charge in [0.15, 0.2) is 0 Å². The van der Waals surface area contributed by atoms with Gasteiger partial charge in [-0.25, -0.2) is 0 Å². The summed E-state index contributed by atoms with van der Waals surface area (Å²) in [6.45, 7) is 6.45. The van der Waals surface area contributed by atoms with Gasteiger partial charge < -0.3 is 15.4 Å². The maximum atomic E-state index is 12.9. The van der Waals surface area contributed by atoms with Crippen molar-refractivity contribution >= 4 is 21.8 Å². The van der Waals surface area contributed by atoms with Gasteiger partial charge in [0.05, 0.1) is 4.47 Å². The number of hydrogen-bond acceptors (Lipinski definition) is 5. The average molecular weight is 519 g/mol. The first-order valence-electron chi connectivity index (χ1n) is 11.3. The fraction of sp³-hybridized carbons (Fsp3) is 0.296. The molecule has 0 spiro atoms. The van der Waals surface area contributed by atoms with Gasteiger partial charge in [-0.3, -0.25) is 9.78 Å². The van der Waals surface area contributed by atoms with Gasteiger partial charge in [0.1, 0.15) is 23.1 Å². The molecule has 2 heterocycles. The molecule has 3 aromatic rings. The number of carbonyl (C=O) groups excluding carboxylic acids is 1. The molecule has 1 fully saturated rings. The van der Waals surface area contributed by atoms with E-state index in [0.717, 1.165) is 24.0 Å². The van der Waals surface area contributed by atoms with Crippen molar-refractivity contribution in [3.8, 4) is 28.7 Å². The zero-order chi connectivity index (χ0) is 24.3. The first kappa shape index (κ1) is 23.9. The van der Waals surface area contributed by atoms with Crippen molar-refractivity contribution in [3.05, 3.63) is 76.5 Å². The van der Waals surface area contributed by atoms with Crippen LogP contribution < -0.4 is 15.4 Å². The lowest BCUT2D eigenvalue weighted by molar-refractivity contribution is 0.0906. The number of carbonyl (C=O) groups is 1. The third-order valence-corrected chi connectivity index (χ3v) is 6.51. The summed E-state index contributed by atoms with van der Waals surface area (Å²) in [5, 5.41) is 16.5. The Labute approximate surface area is 208 Å². The normalized spacial score (nSPS) is 19.1. The van der Waals surface area contributed by atoms with Gasteiger partial charge in [-0.1, -0.05) is 18.2 Å². The van der Waals surface area contributed by atoms with Crippen LogP contribution in [0.4, 0.5) is 0 Å². The number of nitriles is 1. The van der Waals surface area contributed by atoms with E-state index in [4.69, 9.17) is 4.74 Å². The van der Waals surface area contributed by atoms with E-state index in [-0.39, 0.29) is 17.5 Å². The minimum Gasteiger partial charge on any atom is -0.455 e. The van der Waals surface area contributed by atoms with Gasteiger partial charge in [-0.15, -0.1) is 0 Å². The molecule has 34 heavy (non-hydrogen) atoms. The van der Waals surface area contributed by atoms with E-state index in [0.29, 0.717) is 33.1 Å². The molecule has 0 saturated carbocycles. The Bertz CT molecular complexity index is 1240. The van der Waals surface area contributed by atoms with Crippen LogP contribution in [0, 0.1) is 11.3 Å². The highest BCUT2D eigenvalue weighted by Gasteiger charge is 2.32. The maximum Gasteiger partial charge on any atom is 0.251 e. The number of benzene rings is 2. The summed E-state index contributed by atoms with van der Waals surface area (Å²) in [5.74, 6) is 0.846. The zero-order valence-electron chi connectivity index (χ0n) is 19.4. The molecule has 4 rings (SSSR count). The predicted molar refractivity (Wildman–Crippen MR) is 136 cm³/mol. The smallest absolute Gasteiger partial charge is 0.251 e. The minimum atomic E-state index is -0.113. The van der Waals surface area contributed by atoms with Crippen molar-refractivity contribution in [1.82, 2.24) is 15.6 Å². The number of amides is 1. The number of piperidine rings is 1. The molecule has 0 aliphatic carbocycles. The topological polar surface area (TPSA) is 87.0 Å². The van der Waals surface area contributed by atoms with Gasteiger partial charge in [-0.05, 0) is 79.9 Å². The van der Waals surface area contributed by atoms with Gasteiger partial charge in [-0.2, -0.15) is 5.26 Å². The number of ether oxygens (including phenoxy) is 1. The molecule has 2 atom stereocenters. The second-order valence-electron chi connectivity index (χ2n) is 9.32. The van der Waals surface area contributed by atoms with Crippen LogP contribution in [0.5, 0.6) is 11.5 Å². The molecular weight excluding hydrogens is 492 g/mol. The molecular formula is C27H27BrN4O2. The monoisotopic (exact) mass is 518 g/mol. The van der Waals surface area contributed by atoms with Crippen LogP contribution in [0.2, 0.25) is 0 Å². The fourth-order valence-corrected chi connectivity index (χ4v) is 5.09. The number of nitrogens with one attached hydrogen (secondary N) is 2. The molecule has 7 heteroatoms. The van der Waals surface area contributed by atoms with E-state index < -0.39 is 0 Å². The van der Waals surface area contributed by atoms with Crippen molar-refractivity contribution in [2.75, 3.05) is 0 Å². The number of rotatable bonds is 5. The van der Waals surface area contributed by atoms with E-state index in [1.807, 2.05) is 24.3 Å². The van der Waals surface area contributed by atoms with E-state index >= 15 is 0 Å². The van der Waals surface area contributed by atoms with Gasteiger partial charge in [0, 0.05) is 46.7 Å². The molecule has 6 nitrogen and oxygen atoms in total. The first-order chi connectivity index (χ1) is 16.3. The third-order valence-electron chi connectivity index (χ3n) is 5.89. The molecule has 1 amide bonds. The molecule has 2 N–H and O–H groups in total. The summed E-state index contributed by atoms with van der Waals surface area (Å²) in [6, 6.07) is 17.1. The van der Waals surface area contributed by atoms with E-state index in [2.05, 4.69) is 58.4 Å². The average Bonchev–Trinajstić information content (AvgIpc) is 2.79. The highest BCUT2D eigenvalue weighted by molar-refractivity contribution is 9.10. The standard InChI is InChI=1S/C27H27BrN4O2/c1-17-12-20(14-27(2,3)32-17)31-26(33)18-9-10-25(23(28)13-18)34-24-8-4-7-21(22(24)15-29)19-6-5-11-30-16-19/h4-11,13,16-17,20,32H,12,14H2,1-3H3,(H,31,33). The lowest BCUT2D eigenvalue weighted by Gasteiger charge is -2.40. The molecule has 2 unspecified atom stereocenters. The quantitative estimate of drug-likeness (QED) is 0.444. The van der Waals surface area contributed by atoms with Crippen LogP contribution in [0.1, 0.15) is 49.5 Å². The molecule has 174 valence electrons. The number of pyridine rings is 1. The van der Waals surface area contributed by atoms with Crippen molar-refractivity contribution in [1.29, 1.82) is 5.26 Å². The molecule has 1 aliphatic rings. The Morgan fingerprint density at radius 3 is 2.74 bits per heavy atom. The molecule has 0 bridgehead atoms. The SMILES string of the molecule is CC1CC(NC(=O)c2ccc(Oc3cccc(-c4cccnc4)c3C#N)c(Br)c2)CC(C)(C)N1. The van der Waals surface area contributed by atoms with Gasteiger partial charge in [0.25, 0.3) is 5.91 Å². The Kier molecular flexibility index (Phi) is 7.01. The van der Waals surface area contributed by atoms with Crippen molar-refractivity contribution in [3.63, 3.8) is 0 Å². The summed E-state index contributed by atoms with van der Waals surface area (Å²) in [5.41, 5.74) is 2.54. The van der Waals surface area contributed by atoms with Crippen molar-refractivity contribution in [2.24, 2.45) is 0 Å². The third kappa shape index (κ3) is 5.46. The van der Waals surface area contributed by atoms with Gasteiger partial charge in [0.2, 0.25) is 0 Å². The highest BCUT2D eigenvalue weighted by atomic mass is 79.9. The summed E-state index contributed by atoms with van der Waals surface area (Å²) < 4.78 is 6.72.